The number of aliphatic hydroxyl groups excluding tert-OH is 1. The van der Waals surface area contributed by atoms with Crippen molar-refractivity contribution in [3.63, 3.8) is 0 Å². The number of anilines is 1. The quantitative estimate of drug-likeness (QED) is 0.766. The van der Waals surface area contributed by atoms with E-state index in [4.69, 9.17) is 16.7 Å². The maximum Gasteiger partial charge on any atom is 0.239 e. The van der Waals surface area contributed by atoms with Crippen LogP contribution in [0, 0.1) is 5.82 Å². The third kappa shape index (κ3) is 4.72. The molecule has 0 radical (unpaired) electrons. The van der Waals surface area contributed by atoms with E-state index in [1.807, 2.05) is 0 Å². The lowest BCUT2D eigenvalue weighted by atomic mass is 10.2. The van der Waals surface area contributed by atoms with Crippen molar-refractivity contribution in [1.82, 2.24) is 5.32 Å². The van der Waals surface area contributed by atoms with Gasteiger partial charge in [-0.05, 0) is 35.4 Å². The highest BCUT2D eigenvalue weighted by atomic mass is 35.5. The second-order valence-electron chi connectivity index (χ2n) is 4.73. The Morgan fingerprint density at radius 2 is 1.82 bits per heavy atom. The SMILES string of the molecule is O=C(CNc1cc(CO)ccc1Cl)NCc1ccc(F)cc1. The summed E-state index contributed by atoms with van der Waals surface area (Å²) in [6.07, 6.45) is 0. The fourth-order valence-corrected chi connectivity index (χ4v) is 2.03. The molecule has 2 rings (SSSR count). The molecule has 0 atom stereocenters. The maximum atomic E-state index is 12.8. The predicted molar refractivity (Wildman–Crippen MR) is 84.1 cm³/mol. The number of carbonyl (C=O) groups excluding carboxylic acids is 1. The normalized spacial score (nSPS) is 10.3. The zero-order valence-corrected chi connectivity index (χ0v) is 12.5. The summed E-state index contributed by atoms with van der Waals surface area (Å²) in [5.41, 5.74) is 2.11. The molecule has 0 aliphatic carbocycles. The van der Waals surface area contributed by atoms with Crippen LogP contribution in [0.4, 0.5) is 10.1 Å². The minimum atomic E-state index is -0.310. The van der Waals surface area contributed by atoms with Crippen molar-refractivity contribution in [1.29, 1.82) is 0 Å². The standard InChI is InChI=1S/C16H16ClFN2O2/c17-14-6-3-12(10-21)7-15(14)19-9-16(22)20-8-11-1-4-13(18)5-2-11/h1-7,19,21H,8-10H2,(H,20,22). The fraction of sp³-hybridized carbons (Fsp3) is 0.188. The van der Waals surface area contributed by atoms with Gasteiger partial charge >= 0.3 is 0 Å². The molecule has 6 heteroatoms. The van der Waals surface area contributed by atoms with E-state index in [1.165, 1.54) is 12.1 Å². The predicted octanol–water partition coefficient (Wildman–Crippen LogP) is 2.70. The molecule has 0 aliphatic rings. The van der Waals surface area contributed by atoms with Crippen molar-refractivity contribution in [3.8, 4) is 0 Å². The molecule has 0 bridgehead atoms. The summed E-state index contributed by atoms with van der Waals surface area (Å²) >= 11 is 6.01. The van der Waals surface area contributed by atoms with Crippen LogP contribution in [0.2, 0.25) is 5.02 Å². The van der Waals surface area contributed by atoms with Gasteiger partial charge in [-0.15, -0.1) is 0 Å². The van der Waals surface area contributed by atoms with E-state index in [9.17, 15) is 9.18 Å². The number of benzene rings is 2. The van der Waals surface area contributed by atoms with Crippen LogP contribution in [0.25, 0.3) is 0 Å². The number of hydrogen-bond acceptors (Lipinski definition) is 3. The minimum absolute atomic E-state index is 0.0514. The van der Waals surface area contributed by atoms with E-state index in [0.717, 1.165) is 5.56 Å². The molecule has 2 aromatic rings. The van der Waals surface area contributed by atoms with Gasteiger partial charge in [0.15, 0.2) is 0 Å². The van der Waals surface area contributed by atoms with Crippen LogP contribution in [0.5, 0.6) is 0 Å². The number of nitrogens with one attached hydrogen (secondary N) is 2. The summed E-state index contributed by atoms with van der Waals surface area (Å²) < 4.78 is 12.8. The molecule has 0 spiro atoms. The third-order valence-electron chi connectivity index (χ3n) is 3.06. The third-order valence-corrected chi connectivity index (χ3v) is 3.39. The van der Waals surface area contributed by atoms with Crippen molar-refractivity contribution in [2.24, 2.45) is 0 Å². The molecular weight excluding hydrogens is 307 g/mol. The van der Waals surface area contributed by atoms with E-state index in [0.29, 0.717) is 22.8 Å². The molecule has 0 saturated carbocycles. The summed E-state index contributed by atoms with van der Waals surface area (Å²) in [5, 5.41) is 15.2. The number of rotatable bonds is 6. The summed E-state index contributed by atoms with van der Waals surface area (Å²) in [4.78, 5) is 11.8. The minimum Gasteiger partial charge on any atom is -0.392 e. The van der Waals surface area contributed by atoms with Crippen LogP contribution >= 0.6 is 11.6 Å². The molecule has 1 amide bonds. The van der Waals surface area contributed by atoms with Crippen LogP contribution in [-0.2, 0) is 17.9 Å². The van der Waals surface area contributed by atoms with Gasteiger partial charge < -0.3 is 15.7 Å². The number of halogens is 2. The van der Waals surface area contributed by atoms with Crippen LogP contribution in [0.1, 0.15) is 11.1 Å². The van der Waals surface area contributed by atoms with Crippen LogP contribution in [-0.4, -0.2) is 17.6 Å². The van der Waals surface area contributed by atoms with Gasteiger partial charge in [-0.25, -0.2) is 4.39 Å². The van der Waals surface area contributed by atoms with Gasteiger partial charge in [-0.1, -0.05) is 29.8 Å². The summed E-state index contributed by atoms with van der Waals surface area (Å²) in [7, 11) is 0. The molecule has 0 saturated heterocycles. The van der Waals surface area contributed by atoms with Gasteiger partial charge in [-0.3, -0.25) is 4.79 Å². The molecule has 22 heavy (non-hydrogen) atoms. The second-order valence-corrected chi connectivity index (χ2v) is 5.14. The van der Waals surface area contributed by atoms with Crippen molar-refractivity contribution in [3.05, 3.63) is 64.4 Å². The molecular formula is C16H16ClFN2O2. The molecule has 2 aromatic carbocycles. The molecule has 0 fully saturated rings. The first-order chi connectivity index (χ1) is 10.6. The Morgan fingerprint density at radius 1 is 1.14 bits per heavy atom. The number of aliphatic hydroxyl groups is 1. The number of amides is 1. The first kappa shape index (κ1) is 16.3. The summed E-state index contributed by atoms with van der Waals surface area (Å²) in [5.74, 6) is -0.523. The lowest BCUT2D eigenvalue weighted by Crippen LogP contribution is -2.29. The Kier molecular flexibility index (Phi) is 5.75. The van der Waals surface area contributed by atoms with E-state index in [-0.39, 0.29) is 24.9 Å². The van der Waals surface area contributed by atoms with Crippen LogP contribution < -0.4 is 10.6 Å². The Morgan fingerprint density at radius 3 is 2.50 bits per heavy atom. The second kappa shape index (κ2) is 7.77. The van der Waals surface area contributed by atoms with Gasteiger partial charge in [0.05, 0.1) is 23.9 Å². The first-order valence-corrected chi connectivity index (χ1v) is 7.10. The maximum absolute atomic E-state index is 12.8. The van der Waals surface area contributed by atoms with Gasteiger partial charge in [0.1, 0.15) is 5.82 Å². The highest BCUT2D eigenvalue weighted by molar-refractivity contribution is 6.33. The lowest BCUT2D eigenvalue weighted by Gasteiger charge is -2.10. The molecule has 0 aromatic heterocycles. The first-order valence-electron chi connectivity index (χ1n) is 6.73. The highest BCUT2D eigenvalue weighted by Crippen LogP contribution is 2.22. The summed E-state index contributed by atoms with van der Waals surface area (Å²) in [6.45, 7) is 0.281. The molecule has 0 aliphatic heterocycles. The van der Waals surface area contributed by atoms with Gasteiger partial charge in [0.2, 0.25) is 5.91 Å². The topological polar surface area (TPSA) is 61.4 Å². The van der Waals surface area contributed by atoms with Crippen molar-refractivity contribution < 1.29 is 14.3 Å². The number of hydrogen-bond donors (Lipinski definition) is 3. The Bertz CT molecular complexity index is 647. The molecule has 4 nitrogen and oxygen atoms in total. The molecule has 0 unspecified atom stereocenters. The monoisotopic (exact) mass is 322 g/mol. The Labute approximate surface area is 132 Å². The fourth-order valence-electron chi connectivity index (χ4n) is 1.85. The van der Waals surface area contributed by atoms with E-state index < -0.39 is 0 Å². The van der Waals surface area contributed by atoms with Gasteiger partial charge in [0.25, 0.3) is 0 Å². The van der Waals surface area contributed by atoms with Crippen LogP contribution in [0.15, 0.2) is 42.5 Å². The van der Waals surface area contributed by atoms with E-state index in [2.05, 4.69) is 10.6 Å². The smallest absolute Gasteiger partial charge is 0.239 e. The van der Waals surface area contributed by atoms with Crippen molar-refractivity contribution in [2.45, 2.75) is 13.2 Å². The number of carbonyl (C=O) groups is 1. The zero-order valence-electron chi connectivity index (χ0n) is 11.8. The highest BCUT2D eigenvalue weighted by Gasteiger charge is 2.05. The van der Waals surface area contributed by atoms with Crippen molar-refractivity contribution in [2.75, 3.05) is 11.9 Å². The average Bonchev–Trinajstić information content (AvgIpc) is 2.53. The Hall–Kier alpha value is -2.11. The van der Waals surface area contributed by atoms with Gasteiger partial charge in [-0.2, -0.15) is 0 Å². The summed E-state index contributed by atoms with van der Waals surface area (Å²) in [6, 6.07) is 11.0. The molecule has 3 N–H and O–H groups in total. The van der Waals surface area contributed by atoms with E-state index in [1.54, 1.807) is 30.3 Å². The molecule has 0 heterocycles. The average molecular weight is 323 g/mol. The Balaban J connectivity index is 1.84. The lowest BCUT2D eigenvalue weighted by molar-refractivity contribution is -0.119. The molecule has 116 valence electrons. The largest absolute Gasteiger partial charge is 0.392 e. The van der Waals surface area contributed by atoms with Crippen LogP contribution in [0.3, 0.4) is 0 Å². The zero-order chi connectivity index (χ0) is 15.9. The van der Waals surface area contributed by atoms with Crippen molar-refractivity contribution >= 4 is 23.2 Å². The van der Waals surface area contributed by atoms with E-state index >= 15 is 0 Å². The van der Waals surface area contributed by atoms with Gasteiger partial charge in [0, 0.05) is 6.54 Å².